The fourth-order valence-electron chi connectivity index (χ4n) is 1.67. The normalized spacial score (nSPS) is 10.2. The summed E-state index contributed by atoms with van der Waals surface area (Å²) >= 11 is 0. The van der Waals surface area contributed by atoms with Crippen LogP contribution in [0.4, 0.5) is 0 Å². The number of benzene rings is 1. The summed E-state index contributed by atoms with van der Waals surface area (Å²) in [4.78, 5) is 4.21. The molecule has 0 bridgehead atoms. The summed E-state index contributed by atoms with van der Waals surface area (Å²) in [5.74, 6) is 1.42. The van der Waals surface area contributed by atoms with Crippen LogP contribution in [0.1, 0.15) is 11.4 Å². The number of ether oxygens (including phenoxy) is 2. The summed E-state index contributed by atoms with van der Waals surface area (Å²) in [6.45, 7) is 2.60. The van der Waals surface area contributed by atoms with E-state index < -0.39 is 0 Å². The number of aromatic nitrogens is 1. The molecule has 4 heteroatoms. The van der Waals surface area contributed by atoms with Gasteiger partial charge in [0, 0.05) is 5.69 Å². The number of aliphatic hydroxyl groups is 1. The molecule has 1 aromatic carbocycles. The first-order valence-corrected chi connectivity index (χ1v) is 6.17. The van der Waals surface area contributed by atoms with Gasteiger partial charge in [-0.15, -0.1) is 0 Å². The fraction of sp³-hybridized carbons (Fsp3) is 0.267. The molecule has 19 heavy (non-hydrogen) atoms. The molecule has 0 saturated carbocycles. The van der Waals surface area contributed by atoms with Gasteiger partial charge in [0.1, 0.15) is 30.4 Å². The summed E-state index contributed by atoms with van der Waals surface area (Å²) in [5.41, 5.74) is 1.41. The van der Waals surface area contributed by atoms with Crippen LogP contribution in [0.25, 0.3) is 0 Å². The zero-order valence-electron chi connectivity index (χ0n) is 10.9. The van der Waals surface area contributed by atoms with E-state index in [4.69, 9.17) is 9.47 Å². The molecule has 0 aliphatic carbocycles. The van der Waals surface area contributed by atoms with E-state index in [0.29, 0.717) is 24.7 Å². The molecule has 0 radical (unpaired) electrons. The molecular weight excluding hydrogens is 242 g/mol. The van der Waals surface area contributed by atoms with E-state index in [1.165, 1.54) is 0 Å². The molecule has 0 spiro atoms. The third-order valence-corrected chi connectivity index (χ3v) is 2.57. The van der Waals surface area contributed by atoms with Crippen molar-refractivity contribution in [1.29, 1.82) is 0 Å². The molecule has 1 heterocycles. The second-order valence-electron chi connectivity index (χ2n) is 4.07. The molecular formula is C15H17NO3. The fourth-order valence-corrected chi connectivity index (χ4v) is 1.67. The van der Waals surface area contributed by atoms with Crippen LogP contribution in [0, 0.1) is 6.92 Å². The summed E-state index contributed by atoms with van der Waals surface area (Å²) in [6.07, 6.45) is 0. The van der Waals surface area contributed by atoms with Crippen molar-refractivity contribution in [1.82, 2.24) is 4.98 Å². The van der Waals surface area contributed by atoms with E-state index in [-0.39, 0.29) is 6.61 Å². The van der Waals surface area contributed by atoms with E-state index in [2.05, 4.69) is 4.98 Å². The van der Waals surface area contributed by atoms with E-state index in [1.54, 1.807) is 0 Å². The van der Waals surface area contributed by atoms with Crippen molar-refractivity contribution in [2.24, 2.45) is 0 Å². The lowest BCUT2D eigenvalue weighted by Gasteiger charge is -2.11. The SMILES string of the molecule is Cc1ccc(OCCOc2ccccc2)c(CO)n1. The van der Waals surface area contributed by atoms with Crippen LogP contribution in [0.5, 0.6) is 11.5 Å². The van der Waals surface area contributed by atoms with Gasteiger partial charge in [-0.1, -0.05) is 18.2 Å². The van der Waals surface area contributed by atoms with Crippen LogP contribution in [-0.4, -0.2) is 23.3 Å². The van der Waals surface area contributed by atoms with Crippen molar-refractivity contribution in [2.75, 3.05) is 13.2 Å². The van der Waals surface area contributed by atoms with Gasteiger partial charge in [-0.2, -0.15) is 0 Å². The molecule has 2 rings (SSSR count). The maximum absolute atomic E-state index is 9.20. The van der Waals surface area contributed by atoms with Crippen LogP contribution < -0.4 is 9.47 Å². The van der Waals surface area contributed by atoms with Gasteiger partial charge >= 0.3 is 0 Å². The summed E-state index contributed by atoms with van der Waals surface area (Å²) in [5, 5.41) is 9.20. The predicted octanol–water partition coefficient (Wildman–Crippen LogP) is 2.34. The molecule has 0 amide bonds. The standard InChI is InChI=1S/C15H17NO3/c1-12-7-8-15(14(11-17)16-12)19-10-9-18-13-5-3-2-4-6-13/h2-8,17H,9-11H2,1H3. The van der Waals surface area contributed by atoms with Gasteiger partial charge in [-0.05, 0) is 31.2 Å². The lowest BCUT2D eigenvalue weighted by Crippen LogP contribution is -2.10. The van der Waals surface area contributed by atoms with Crippen molar-refractivity contribution in [2.45, 2.75) is 13.5 Å². The zero-order chi connectivity index (χ0) is 13.5. The number of aryl methyl sites for hydroxylation is 1. The third kappa shape index (κ3) is 3.96. The van der Waals surface area contributed by atoms with Crippen LogP contribution >= 0.6 is 0 Å². The lowest BCUT2D eigenvalue weighted by atomic mass is 10.3. The van der Waals surface area contributed by atoms with Crippen molar-refractivity contribution in [3.8, 4) is 11.5 Å². The molecule has 1 N–H and O–H groups in total. The van der Waals surface area contributed by atoms with Gasteiger partial charge in [-0.3, -0.25) is 4.98 Å². The highest BCUT2D eigenvalue weighted by Crippen LogP contribution is 2.16. The molecule has 0 aliphatic rings. The number of hydrogen-bond donors (Lipinski definition) is 1. The Morgan fingerprint density at radius 3 is 2.47 bits per heavy atom. The van der Waals surface area contributed by atoms with E-state index in [1.807, 2.05) is 49.4 Å². The molecule has 0 atom stereocenters. The Morgan fingerprint density at radius 2 is 1.74 bits per heavy atom. The predicted molar refractivity (Wildman–Crippen MR) is 72.3 cm³/mol. The summed E-state index contributed by atoms with van der Waals surface area (Å²) in [7, 11) is 0. The Hall–Kier alpha value is -2.07. The zero-order valence-corrected chi connectivity index (χ0v) is 10.9. The lowest BCUT2D eigenvalue weighted by molar-refractivity contribution is 0.208. The van der Waals surface area contributed by atoms with Gasteiger partial charge in [-0.25, -0.2) is 0 Å². The minimum absolute atomic E-state index is 0.128. The van der Waals surface area contributed by atoms with Crippen LogP contribution in [-0.2, 0) is 6.61 Å². The number of nitrogens with zero attached hydrogens (tertiary/aromatic N) is 1. The Labute approximate surface area is 112 Å². The minimum atomic E-state index is -0.128. The second-order valence-corrected chi connectivity index (χ2v) is 4.07. The highest BCUT2D eigenvalue weighted by molar-refractivity contribution is 5.28. The number of hydrogen-bond acceptors (Lipinski definition) is 4. The smallest absolute Gasteiger partial charge is 0.143 e. The van der Waals surface area contributed by atoms with Crippen molar-refractivity contribution in [3.63, 3.8) is 0 Å². The molecule has 0 unspecified atom stereocenters. The van der Waals surface area contributed by atoms with E-state index in [9.17, 15) is 5.11 Å². The number of pyridine rings is 1. The quantitative estimate of drug-likeness (QED) is 0.809. The highest BCUT2D eigenvalue weighted by atomic mass is 16.5. The largest absolute Gasteiger partial charge is 0.490 e. The van der Waals surface area contributed by atoms with Crippen LogP contribution in [0.2, 0.25) is 0 Å². The Balaban J connectivity index is 1.83. The highest BCUT2D eigenvalue weighted by Gasteiger charge is 2.04. The first-order valence-electron chi connectivity index (χ1n) is 6.17. The number of rotatable bonds is 6. The van der Waals surface area contributed by atoms with Gasteiger partial charge < -0.3 is 14.6 Å². The van der Waals surface area contributed by atoms with E-state index in [0.717, 1.165) is 11.4 Å². The van der Waals surface area contributed by atoms with Crippen molar-refractivity contribution < 1.29 is 14.6 Å². The van der Waals surface area contributed by atoms with Crippen LogP contribution in [0.15, 0.2) is 42.5 Å². The molecule has 0 aliphatic heterocycles. The minimum Gasteiger partial charge on any atom is -0.490 e. The summed E-state index contributed by atoms with van der Waals surface area (Å²) < 4.78 is 11.1. The maximum Gasteiger partial charge on any atom is 0.143 e. The molecule has 0 saturated heterocycles. The average Bonchev–Trinajstić information content (AvgIpc) is 2.46. The molecule has 4 nitrogen and oxygen atoms in total. The molecule has 2 aromatic rings. The summed E-state index contributed by atoms with van der Waals surface area (Å²) in [6, 6.07) is 13.2. The average molecular weight is 259 g/mol. The number of para-hydroxylation sites is 1. The Morgan fingerprint density at radius 1 is 1.00 bits per heavy atom. The molecule has 1 aromatic heterocycles. The van der Waals surface area contributed by atoms with Gasteiger partial charge in [0.25, 0.3) is 0 Å². The first kappa shape index (κ1) is 13.4. The third-order valence-electron chi connectivity index (χ3n) is 2.57. The maximum atomic E-state index is 9.20. The Kier molecular flexibility index (Phi) is 4.75. The van der Waals surface area contributed by atoms with Gasteiger partial charge in [0.05, 0.1) is 6.61 Å². The van der Waals surface area contributed by atoms with Gasteiger partial charge in [0.2, 0.25) is 0 Å². The van der Waals surface area contributed by atoms with E-state index >= 15 is 0 Å². The van der Waals surface area contributed by atoms with Crippen LogP contribution in [0.3, 0.4) is 0 Å². The van der Waals surface area contributed by atoms with Crippen molar-refractivity contribution in [3.05, 3.63) is 53.9 Å². The van der Waals surface area contributed by atoms with Gasteiger partial charge in [0.15, 0.2) is 0 Å². The molecule has 0 fully saturated rings. The van der Waals surface area contributed by atoms with Crippen molar-refractivity contribution >= 4 is 0 Å². The number of aliphatic hydroxyl groups excluding tert-OH is 1. The monoisotopic (exact) mass is 259 g/mol. The first-order chi connectivity index (χ1) is 9.29. The topological polar surface area (TPSA) is 51.6 Å². The Bertz CT molecular complexity index is 514. The second kappa shape index (κ2) is 6.75. The molecule has 100 valence electrons.